The highest BCUT2D eigenvalue weighted by Crippen LogP contribution is 2.24. The van der Waals surface area contributed by atoms with Gasteiger partial charge in [-0.25, -0.2) is 0 Å². The second kappa shape index (κ2) is 10.0. The lowest BCUT2D eigenvalue weighted by Gasteiger charge is -2.22. The number of amides is 2. The number of anilines is 3. The van der Waals surface area contributed by atoms with E-state index in [-0.39, 0.29) is 17.7 Å². The molecule has 2 aliphatic rings. The average Bonchev–Trinajstić information content (AvgIpc) is 3.31. The lowest BCUT2D eigenvalue weighted by molar-refractivity contribution is -0.120. The number of benzene rings is 2. The third kappa shape index (κ3) is 5.37. The predicted molar refractivity (Wildman–Crippen MR) is 130 cm³/mol. The number of carbonyl (C=O) groups is 2. The molecule has 32 heavy (non-hydrogen) atoms. The highest BCUT2D eigenvalue weighted by molar-refractivity contribution is 6.04. The minimum Gasteiger partial charge on any atom is -0.370 e. The molecule has 2 atom stereocenters. The van der Waals surface area contributed by atoms with E-state index >= 15 is 0 Å². The van der Waals surface area contributed by atoms with Gasteiger partial charge in [-0.15, -0.1) is 0 Å². The highest BCUT2D eigenvalue weighted by Gasteiger charge is 2.24. The molecule has 2 aromatic rings. The molecule has 1 aliphatic heterocycles. The van der Waals surface area contributed by atoms with Gasteiger partial charge in [0.2, 0.25) is 5.91 Å². The number of nitrogens with one attached hydrogen (secondary N) is 2. The summed E-state index contributed by atoms with van der Waals surface area (Å²) < 4.78 is 0. The number of hydrogen-bond acceptors (Lipinski definition) is 4. The van der Waals surface area contributed by atoms with Crippen molar-refractivity contribution in [1.82, 2.24) is 4.90 Å². The first-order valence-electron chi connectivity index (χ1n) is 11.4. The number of rotatable bonds is 6. The van der Waals surface area contributed by atoms with Gasteiger partial charge in [0.1, 0.15) is 0 Å². The van der Waals surface area contributed by atoms with Crippen LogP contribution in [0.15, 0.2) is 60.7 Å². The monoisotopic (exact) mass is 432 g/mol. The molecular formula is C26H32N4O2. The van der Waals surface area contributed by atoms with Crippen LogP contribution < -0.4 is 15.5 Å². The van der Waals surface area contributed by atoms with E-state index in [1.165, 1.54) is 12.1 Å². The number of likely N-dealkylation sites (N-methyl/N-ethyl adjacent to an activating group) is 1. The highest BCUT2D eigenvalue weighted by atomic mass is 16.2. The van der Waals surface area contributed by atoms with Gasteiger partial charge in [-0.3, -0.25) is 9.59 Å². The molecule has 0 spiro atoms. The Labute approximate surface area is 190 Å². The van der Waals surface area contributed by atoms with Crippen molar-refractivity contribution in [2.24, 2.45) is 5.92 Å². The normalized spacial score (nSPS) is 20.4. The molecule has 168 valence electrons. The van der Waals surface area contributed by atoms with Crippen LogP contribution in [0, 0.1) is 5.92 Å². The smallest absolute Gasteiger partial charge is 0.255 e. The van der Waals surface area contributed by atoms with Crippen LogP contribution in [0.4, 0.5) is 17.1 Å². The van der Waals surface area contributed by atoms with Crippen molar-refractivity contribution in [3.8, 4) is 0 Å². The van der Waals surface area contributed by atoms with Crippen molar-refractivity contribution < 1.29 is 9.59 Å². The number of allylic oxidation sites excluding steroid dienone is 2. The second-order valence-corrected chi connectivity index (χ2v) is 8.90. The molecule has 2 amide bonds. The summed E-state index contributed by atoms with van der Waals surface area (Å²) in [5, 5.41) is 5.91. The van der Waals surface area contributed by atoms with Gasteiger partial charge in [-0.05, 0) is 88.3 Å². The van der Waals surface area contributed by atoms with Crippen molar-refractivity contribution in [3.63, 3.8) is 0 Å². The fourth-order valence-corrected chi connectivity index (χ4v) is 4.34. The molecular weight excluding hydrogens is 400 g/mol. The molecule has 1 fully saturated rings. The van der Waals surface area contributed by atoms with Crippen LogP contribution >= 0.6 is 0 Å². The minimum absolute atomic E-state index is 0.0280. The van der Waals surface area contributed by atoms with Gasteiger partial charge in [-0.2, -0.15) is 0 Å². The van der Waals surface area contributed by atoms with Crippen molar-refractivity contribution in [3.05, 3.63) is 66.2 Å². The van der Waals surface area contributed by atoms with E-state index in [0.29, 0.717) is 17.3 Å². The fraction of sp³-hybridized carbons (Fsp3) is 0.385. The average molecular weight is 433 g/mol. The summed E-state index contributed by atoms with van der Waals surface area (Å²) in [4.78, 5) is 29.7. The molecule has 4 rings (SSSR count). The van der Waals surface area contributed by atoms with Gasteiger partial charge in [0.25, 0.3) is 5.91 Å². The Morgan fingerprint density at radius 1 is 0.906 bits per heavy atom. The van der Waals surface area contributed by atoms with Crippen LogP contribution in [0.1, 0.15) is 36.0 Å². The van der Waals surface area contributed by atoms with Crippen LogP contribution in [0.25, 0.3) is 0 Å². The molecule has 0 saturated carbocycles. The van der Waals surface area contributed by atoms with Crippen LogP contribution in [0.5, 0.6) is 0 Å². The SMILES string of the molecule is CN(C)C1CCN(c2ccc(NC(=O)c3ccc(NC(=O)C4CC=CCC4)cc3)cc2)C1. The Morgan fingerprint density at radius 3 is 2.22 bits per heavy atom. The van der Waals surface area contributed by atoms with Crippen LogP contribution in [0.3, 0.4) is 0 Å². The third-order valence-electron chi connectivity index (χ3n) is 6.44. The molecule has 2 unspecified atom stereocenters. The molecule has 1 heterocycles. The zero-order valence-corrected chi connectivity index (χ0v) is 18.9. The van der Waals surface area contributed by atoms with Gasteiger partial charge in [0, 0.05) is 47.7 Å². The summed E-state index contributed by atoms with van der Waals surface area (Å²) in [5.74, 6) is -0.0938. The van der Waals surface area contributed by atoms with Crippen LogP contribution in [-0.4, -0.2) is 49.9 Å². The molecule has 1 saturated heterocycles. The topological polar surface area (TPSA) is 64.7 Å². The van der Waals surface area contributed by atoms with Crippen molar-refractivity contribution in [1.29, 1.82) is 0 Å². The van der Waals surface area contributed by atoms with E-state index in [0.717, 1.165) is 38.0 Å². The first-order valence-corrected chi connectivity index (χ1v) is 11.4. The molecule has 0 radical (unpaired) electrons. The molecule has 2 aromatic carbocycles. The van der Waals surface area contributed by atoms with Crippen LogP contribution in [-0.2, 0) is 4.79 Å². The standard InChI is InChI=1S/C26H32N4O2/c1-29(2)24-16-17-30(18-24)23-14-12-22(13-15-23)28-26(32)20-8-10-21(11-9-20)27-25(31)19-6-4-3-5-7-19/h3-4,8-15,19,24H,5-7,16-18H2,1-2H3,(H,27,31)(H,28,32). The van der Waals surface area contributed by atoms with Crippen molar-refractivity contribution >= 4 is 28.9 Å². The summed E-state index contributed by atoms with van der Waals surface area (Å²) >= 11 is 0. The van der Waals surface area contributed by atoms with Crippen molar-refractivity contribution in [2.75, 3.05) is 42.7 Å². The maximum absolute atomic E-state index is 12.6. The first kappa shape index (κ1) is 22.1. The fourth-order valence-electron chi connectivity index (χ4n) is 4.34. The minimum atomic E-state index is -0.165. The molecule has 6 nitrogen and oxygen atoms in total. The third-order valence-corrected chi connectivity index (χ3v) is 6.44. The summed E-state index contributed by atoms with van der Waals surface area (Å²) in [5.41, 5.74) is 3.22. The van der Waals surface area contributed by atoms with E-state index in [1.807, 2.05) is 12.1 Å². The number of nitrogens with zero attached hydrogens (tertiary/aromatic N) is 2. The zero-order chi connectivity index (χ0) is 22.5. The van der Waals surface area contributed by atoms with E-state index < -0.39 is 0 Å². The van der Waals surface area contributed by atoms with Gasteiger partial charge in [0.15, 0.2) is 0 Å². The Hall–Kier alpha value is -3.12. The van der Waals surface area contributed by atoms with E-state index in [4.69, 9.17) is 0 Å². The summed E-state index contributed by atoms with van der Waals surface area (Å²) in [7, 11) is 4.25. The maximum atomic E-state index is 12.6. The summed E-state index contributed by atoms with van der Waals surface area (Å²) in [6.07, 6.45) is 7.98. The first-order chi connectivity index (χ1) is 15.5. The van der Waals surface area contributed by atoms with Gasteiger partial charge in [0.05, 0.1) is 0 Å². The van der Waals surface area contributed by atoms with Crippen molar-refractivity contribution in [2.45, 2.75) is 31.7 Å². The number of hydrogen-bond donors (Lipinski definition) is 2. The second-order valence-electron chi connectivity index (χ2n) is 8.90. The van der Waals surface area contributed by atoms with E-state index in [9.17, 15) is 9.59 Å². The number of carbonyl (C=O) groups excluding carboxylic acids is 2. The Bertz CT molecular complexity index is 966. The Morgan fingerprint density at radius 2 is 1.59 bits per heavy atom. The quantitative estimate of drug-likeness (QED) is 0.665. The summed E-state index contributed by atoms with van der Waals surface area (Å²) in [6, 6.07) is 15.7. The Balaban J connectivity index is 1.31. The van der Waals surface area contributed by atoms with E-state index in [1.54, 1.807) is 24.3 Å². The van der Waals surface area contributed by atoms with Gasteiger partial charge >= 0.3 is 0 Å². The van der Waals surface area contributed by atoms with E-state index in [2.05, 4.69) is 58.8 Å². The molecule has 6 heteroatoms. The summed E-state index contributed by atoms with van der Waals surface area (Å²) in [6.45, 7) is 2.08. The predicted octanol–water partition coefficient (Wildman–Crippen LogP) is 4.37. The maximum Gasteiger partial charge on any atom is 0.255 e. The molecule has 2 N–H and O–H groups in total. The van der Waals surface area contributed by atoms with Gasteiger partial charge in [-0.1, -0.05) is 12.2 Å². The molecule has 1 aliphatic carbocycles. The molecule has 0 aromatic heterocycles. The molecule has 0 bridgehead atoms. The lowest BCUT2D eigenvalue weighted by atomic mass is 9.93. The van der Waals surface area contributed by atoms with Crippen LogP contribution in [0.2, 0.25) is 0 Å². The Kier molecular flexibility index (Phi) is 6.90. The van der Waals surface area contributed by atoms with Gasteiger partial charge < -0.3 is 20.4 Å². The largest absolute Gasteiger partial charge is 0.370 e. The lowest BCUT2D eigenvalue weighted by Crippen LogP contribution is -2.31. The zero-order valence-electron chi connectivity index (χ0n) is 18.9.